The first-order valence-corrected chi connectivity index (χ1v) is 8.70. The average Bonchev–Trinajstić information content (AvgIpc) is 2.58. The SMILES string of the molecule is CCNc1c(N(NCCO)N(CC)CC)ccc(NC)c1N(C)C. The van der Waals surface area contributed by atoms with Gasteiger partial charge in [-0.1, -0.05) is 13.8 Å². The third-order valence-electron chi connectivity index (χ3n) is 3.84. The van der Waals surface area contributed by atoms with E-state index in [-0.39, 0.29) is 6.61 Å². The summed E-state index contributed by atoms with van der Waals surface area (Å²) in [7, 11) is 6.03. The first-order chi connectivity index (χ1) is 11.5. The molecule has 0 saturated heterocycles. The molecular weight excluding hydrogens is 304 g/mol. The van der Waals surface area contributed by atoms with Crippen LogP contribution in [0.25, 0.3) is 0 Å². The van der Waals surface area contributed by atoms with Gasteiger partial charge in [0, 0.05) is 47.3 Å². The fraction of sp³-hybridized carbons (Fsp3) is 0.647. The summed E-state index contributed by atoms with van der Waals surface area (Å²) in [5, 5.41) is 20.3. The lowest BCUT2D eigenvalue weighted by Crippen LogP contribution is -2.52. The highest BCUT2D eigenvalue weighted by atomic mass is 16.3. The molecule has 0 saturated carbocycles. The van der Waals surface area contributed by atoms with Crippen LogP contribution in [0, 0.1) is 0 Å². The molecule has 0 spiro atoms. The van der Waals surface area contributed by atoms with E-state index in [9.17, 15) is 5.11 Å². The molecular formula is C17H34N6O. The molecule has 0 heterocycles. The summed E-state index contributed by atoms with van der Waals surface area (Å²) in [6.45, 7) is 9.48. The Morgan fingerprint density at radius 2 is 1.75 bits per heavy atom. The molecule has 0 aliphatic carbocycles. The van der Waals surface area contributed by atoms with Gasteiger partial charge in [0.05, 0.1) is 29.4 Å². The molecule has 0 unspecified atom stereocenters. The summed E-state index contributed by atoms with van der Waals surface area (Å²) in [6.07, 6.45) is 0. The Labute approximate surface area is 146 Å². The van der Waals surface area contributed by atoms with Crippen molar-refractivity contribution in [2.24, 2.45) is 0 Å². The van der Waals surface area contributed by atoms with Crippen LogP contribution in [-0.2, 0) is 0 Å². The quantitative estimate of drug-likeness (QED) is 0.459. The van der Waals surface area contributed by atoms with E-state index >= 15 is 0 Å². The Kier molecular flexibility index (Phi) is 8.67. The summed E-state index contributed by atoms with van der Waals surface area (Å²) >= 11 is 0. The van der Waals surface area contributed by atoms with Crippen LogP contribution >= 0.6 is 0 Å². The zero-order valence-corrected chi connectivity index (χ0v) is 16.0. The molecule has 4 N–H and O–H groups in total. The van der Waals surface area contributed by atoms with Gasteiger partial charge < -0.3 is 20.6 Å². The van der Waals surface area contributed by atoms with Crippen LogP contribution in [0.2, 0.25) is 0 Å². The van der Waals surface area contributed by atoms with E-state index in [1.165, 1.54) is 0 Å². The van der Waals surface area contributed by atoms with Crippen LogP contribution in [0.4, 0.5) is 22.7 Å². The van der Waals surface area contributed by atoms with Crippen LogP contribution in [0.5, 0.6) is 0 Å². The Morgan fingerprint density at radius 1 is 1.08 bits per heavy atom. The van der Waals surface area contributed by atoms with Crippen molar-refractivity contribution in [3.8, 4) is 0 Å². The molecule has 7 heteroatoms. The maximum absolute atomic E-state index is 9.25. The number of nitrogens with one attached hydrogen (secondary N) is 3. The van der Waals surface area contributed by atoms with Gasteiger partial charge in [0.25, 0.3) is 0 Å². The molecule has 0 aromatic heterocycles. The van der Waals surface area contributed by atoms with Gasteiger partial charge in [0.2, 0.25) is 0 Å². The number of hydrogen-bond acceptors (Lipinski definition) is 7. The summed E-state index contributed by atoms with van der Waals surface area (Å²) < 4.78 is 0. The molecule has 1 rings (SSSR count). The summed E-state index contributed by atoms with van der Waals surface area (Å²) in [5.41, 5.74) is 7.60. The lowest BCUT2D eigenvalue weighted by atomic mass is 10.1. The van der Waals surface area contributed by atoms with Gasteiger partial charge in [-0.15, -0.1) is 0 Å². The molecule has 0 aliphatic rings. The van der Waals surface area contributed by atoms with Crippen molar-refractivity contribution in [2.75, 3.05) is 74.6 Å². The fourth-order valence-corrected chi connectivity index (χ4v) is 2.77. The highest BCUT2D eigenvalue weighted by molar-refractivity contribution is 5.92. The van der Waals surface area contributed by atoms with Crippen molar-refractivity contribution in [3.63, 3.8) is 0 Å². The molecule has 1 aromatic rings. The van der Waals surface area contributed by atoms with Crippen LogP contribution < -0.4 is 26.1 Å². The number of anilines is 4. The number of benzene rings is 1. The zero-order valence-electron chi connectivity index (χ0n) is 16.0. The summed E-state index contributed by atoms with van der Waals surface area (Å²) in [4.78, 5) is 2.11. The Hall–Kier alpha value is -1.70. The number of rotatable bonds is 11. The fourth-order valence-electron chi connectivity index (χ4n) is 2.77. The maximum atomic E-state index is 9.25. The standard InChI is InChI=1S/C17H34N6O/c1-7-19-16-15(11-10-14(18-4)17(16)21(5)6)23(20-12-13-24)22(8-2)9-3/h10-11,18-20,24H,7-9,12-13H2,1-6H3. The molecule has 0 atom stereocenters. The number of nitrogens with zero attached hydrogens (tertiary/aromatic N) is 3. The maximum Gasteiger partial charge on any atom is 0.0958 e. The number of hydrazine groups is 2. The van der Waals surface area contributed by atoms with Gasteiger partial charge in [0.1, 0.15) is 0 Å². The molecule has 1 aromatic carbocycles. The Balaban J connectivity index is 3.47. The number of aliphatic hydroxyl groups excluding tert-OH is 1. The predicted octanol–water partition coefficient (Wildman–Crippen LogP) is 1.79. The highest BCUT2D eigenvalue weighted by Gasteiger charge is 2.21. The topological polar surface area (TPSA) is 66.0 Å². The van der Waals surface area contributed by atoms with E-state index in [2.05, 4.69) is 58.9 Å². The number of aliphatic hydroxyl groups is 1. The van der Waals surface area contributed by atoms with E-state index in [1.807, 2.05) is 26.3 Å². The van der Waals surface area contributed by atoms with Crippen molar-refractivity contribution in [1.82, 2.24) is 10.4 Å². The van der Waals surface area contributed by atoms with E-state index in [0.717, 1.165) is 42.4 Å². The molecule has 0 aliphatic heterocycles. The monoisotopic (exact) mass is 338 g/mol. The van der Waals surface area contributed by atoms with Crippen LogP contribution in [0.1, 0.15) is 20.8 Å². The molecule has 7 nitrogen and oxygen atoms in total. The first-order valence-electron chi connectivity index (χ1n) is 8.70. The second kappa shape index (κ2) is 10.2. The van der Waals surface area contributed by atoms with Gasteiger partial charge in [-0.2, -0.15) is 0 Å². The molecule has 0 fully saturated rings. The summed E-state index contributed by atoms with van der Waals surface area (Å²) in [6, 6.07) is 4.18. The minimum absolute atomic E-state index is 0.0868. The van der Waals surface area contributed by atoms with Gasteiger partial charge in [-0.25, -0.2) is 15.6 Å². The molecule has 0 amide bonds. The lowest BCUT2D eigenvalue weighted by molar-refractivity contribution is 0.220. The molecule has 0 radical (unpaired) electrons. The first kappa shape index (κ1) is 20.3. The normalized spacial score (nSPS) is 10.8. The van der Waals surface area contributed by atoms with Crippen molar-refractivity contribution in [2.45, 2.75) is 20.8 Å². The van der Waals surface area contributed by atoms with Crippen molar-refractivity contribution in [1.29, 1.82) is 0 Å². The van der Waals surface area contributed by atoms with Crippen LogP contribution in [0.15, 0.2) is 12.1 Å². The van der Waals surface area contributed by atoms with E-state index in [1.54, 1.807) is 0 Å². The van der Waals surface area contributed by atoms with Crippen molar-refractivity contribution >= 4 is 22.7 Å². The average molecular weight is 339 g/mol. The van der Waals surface area contributed by atoms with E-state index < -0.39 is 0 Å². The van der Waals surface area contributed by atoms with Crippen LogP contribution in [0.3, 0.4) is 0 Å². The molecule has 24 heavy (non-hydrogen) atoms. The van der Waals surface area contributed by atoms with Gasteiger partial charge >= 0.3 is 0 Å². The predicted molar refractivity (Wildman–Crippen MR) is 105 cm³/mol. The Morgan fingerprint density at radius 3 is 2.21 bits per heavy atom. The second-order valence-corrected chi connectivity index (χ2v) is 5.61. The van der Waals surface area contributed by atoms with E-state index in [4.69, 9.17) is 0 Å². The third kappa shape index (κ3) is 4.66. The summed E-state index contributed by atoms with van der Waals surface area (Å²) in [5.74, 6) is 0. The molecule has 138 valence electrons. The zero-order chi connectivity index (χ0) is 18.1. The lowest BCUT2D eigenvalue weighted by Gasteiger charge is -2.37. The van der Waals surface area contributed by atoms with Gasteiger partial charge in [0.15, 0.2) is 0 Å². The van der Waals surface area contributed by atoms with Crippen molar-refractivity contribution < 1.29 is 5.11 Å². The number of hydrogen-bond donors (Lipinski definition) is 4. The van der Waals surface area contributed by atoms with Gasteiger partial charge in [-0.05, 0) is 19.1 Å². The van der Waals surface area contributed by atoms with Crippen LogP contribution in [-0.4, -0.2) is 64.0 Å². The van der Waals surface area contributed by atoms with Gasteiger partial charge in [-0.3, -0.25) is 0 Å². The smallest absolute Gasteiger partial charge is 0.0958 e. The minimum Gasteiger partial charge on any atom is -0.395 e. The minimum atomic E-state index is 0.0868. The third-order valence-corrected chi connectivity index (χ3v) is 3.84. The molecule has 0 bridgehead atoms. The van der Waals surface area contributed by atoms with E-state index in [0.29, 0.717) is 6.54 Å². The largest absolute Gasteiger partial charge is 0.395 e. The Bertz CT molecular complexity index is 490. The van der Waals surface area contributed by atoms with Crippen molar-refractivity contribution in [3.05, 3.63) is 12.1 Å². The second-order valence-electron chi connectivity index (χ2n) is 5.61. The highest BCUT2D eigenvalue weighted by Crippen LogP contribution is 2.40.